The summed E-state index contributed by atoms with van der Waals surface area (Å²) in [6.45, 7) is 10.5. The molecule has 0 heterocycles. The first-order chi connectivity index (χ1) is 8.39. The average molecular weight is 290 g/mol. The molecule has 0 aliphatic heterocycles. The fourth-order valence-corrected chi connectivity index (χ4v) is 5.08. The number of hydrogen-bond donors (Lipinski definition) is 1. The molecule has 1 fully saturated rings. The van der Waals surface area contributed by atoms with E-state index >= 15 is 0 Å². The quantitative estimate of drug-likeness (QED) is 0.846. The molecule has 0 bridgehead atoms. The molecule has 0 amide bonds. The minimum Gasteiger partial charge on any atom is -0.390 e. The van der Waals surface area contributed by atoms with E-state index in [2.05, 4.69) is 27.7 Å². The molecule has 4 heteroatoms. The zero-order valence-corrected chi connectivity index (χ0v) is 13.9. The summed E-state index contributed by atoms with van der Waals surface area (Å²) in [5, 5.41) is 10.8. The van der Waals surface area contributed by atoms with Crippen LogP contribution in [-0.4, -0.2) is 30.6 Å². The first kappa shape index (κ1) is 17.0. The van der Waals surface area contributed by atoms with Crippen molar-refractivity contribution in [3.05, 3.63) is 0 Å². The molecule has 3 nitrogen and oxygen atoms in total. The van der Waals surface area contributed by atoms with E-state index in [0.29, 0.717) is 12.8 Å². The fraction of sp³-hybridized carbons (Fsp3) is 1.00. The third-order valence-corrected chi connectivity index (χ3v) is 5.90. The van der Waals surface area contributed by atoms with E-state index in [1.165, 1.54) is 0 Å². The number of aliphatic hydroxyl groups is 1. The Bertz CT molecular complexity index is 391. The van der Waals surface area contributed by atoms with Gasteiger partial charge < -0.3 is 5.11 Å². The third kappa shape index (κ3) is 5.42. The van der Waals surface area contributed by atoms with Gasteiger partial charge in [0.1, 0.15) is 9.84 Å². The first-order valence-corrected chi connectivity index (χ1v) is 9.14. The van der Waals surface area contributed by atoms with Crippen LogP contribution >= 0.6 is 0 Å². The van der Waals surface area contributed by atoms with Gasteiger partial charge in [-0.15, -0.1) is 0 Å². The highest BCUT2D eigenvalue weighted by Gasteiger charge is 2.45. The topological polar surface area (TPSA) is 54.4 Å². The van der Waals surface area contributed by atoms with Crippen LogP contribution in [0.1, 0.15) is 66.7 Å². The molecule has 0 aromatic carbocycles. The van der Waals surface area contributed by atoms with Gasteiger partial charge in [0.25, 0.3) is 0 Å². The largest absolute Gasteiger partial charge is 0.390 e. The molecule has 0 spiro atoms. The van der Waals surface area contributed by atoms with Crippen LogP contribution in [0.5, 0.6) is 0 Å². The van der Waals surface area contributed by atoms with Crippen molar-refractivity contribution in [2.45, 2.75) is 72.3 Å². The second-order valence-electron chi connectivity index (χ2n) is 7.92. The Kier molecular flexibility index (Phi) is 4.79. The van der Waals surface area contributed by atoms with Crippen molar-refractivity contribution in [3.63, 3.8) is 0 Å². The summed E-state index contributed by atoms with van der Waals surface area (Å²) in [5.41, 5.74) is -0.450. The van der Waals surface area contributed by atoms with Crippen LogP contribution in [0.25, 0.3) is 0 Å². The molecule has 0 aromatic rings. The van der Waals surface area contributed by atoms with Crippen LogP contribution in [0, 0.1) is 10.8 Å². The molecule has 0 saturated heterocycles. The Morgan fingerprint density at radius 3 is 1.89 bits per heavy atom. The van der Waals surface area contributed by atoms with E-state index in [1.807, 2.05) is 0 Å². The highest BCUT2D eigenvalue weighted by molar-refractivity contribution is 7.91. The summed E-state index contributed by atoms with van der Waals surface area (Å²) in [6.07, 6.45) is 3.82. The smallest absolute Gasteiger partial charge is 0.150 e. The zero-order valence-electron chi connectivity index (χ0n) is 13.1. The molecule has 0 aromatic heterocycles. The van der Waals surface area contributed by atoms with Crippen molar-refractivity contribution in [2.75, 3.05) is 11.5 Å². The van der Waals surface area contributed by atoms with Crippen LogP contribution in [0.15, 0.2) is 0 Å². The maximum Gasteiger partial charge on any atom is 0.150 e. The Hall–Kier alpha value is -0.0900. The molecule has 0 atom stereocenters. The molecule has 114 valence electrons. The molecule has 1 aliphatic carbocycles. The Labute approximate surface area is 118 Å². The van der Waals surface area contributed by atoms with E-state index in [-0.39, 0.29) is 22.3 Å². The summed E-state index contributed by atoms with van der Waals surface area (Å²) in [7, 11) is -2.92. The molecule has 0 radical (unpaired) electrons. The minimum absolute atomic E-state index is 0.125. The fourth-order valence-electron chi connectivity index (χ4n) is 4.21. The number of sulfone groups is 1. The van der Waals surface area contributed by atoms with Crippen LogP contribution in [0.2, 0.25) is 0 Å². The van der Waals surface area contributed by atoms with Crippen molar-refractivity contribution < 1.29 is 13.5 Å². The van der Waals surface area contributed by atoms with Gasteiger partial charge in [-0.1, -0.05) is 34.6 Å². The maximum absolute atomic E-state index is 11.5. The van der Waals surface area contributed by atoms with Crippen LogP contribution in [0.4, 0.5) is 0 Å². The number of rotatable bonds is 5. The average Bonchev–Trinajstić information content (AvgIpc) is 2.10. The highest BCUT2D eigenvalue weighted by atomic mass is 32.2. The predicted molar refractivity (Wildman–Crippen MR) is 79.9 cm³/mol. The third-order valence-electron chi connectivity index (χ3n) is 4.11. The van der Waals surface area contributed by atoms with Gasteiger partial charge in [0, 0.05) is 5.75 Å². The predicted octanol–water partition coefficient (Wildman–Crippen LogP) is 3.17. The van der Waals surface area contributed by atoms with E-state index < -0.39 is 15.4 Å². The minimum atomic E-state index is -2.92. The van der Waals surface area contributed by atoms with Gasteiger partial charge in [0.2, 0.25) is 0 Å². The van der Waals surface area contributed by atoms with E-state index in [1.54, 1.807) is 6.92 Å². The van der Waals surface area contributed by atoms with Gasteiger partial charge in [0.05, 0.1) is 11.4 Å². The molecular formula is C15H30O3S. The van der Waals surface area contributed by atoms with Crippen molar-refractivity contribution in [1.82, 2.24) is 0 Å². The molecule has 19 heavy (non-hydrogen) atoms. The molecule has 1 N–H and O–H groups in total. The Morgan fingerprint density at radius 1 is 1.00 bits per heavy atom. The van der Waals surface area contributed by atoms with Crippen molar-refractivity contribution in [1.29, 1.82) is 0 Å². The van der Waals surface area contributed by atoms with Crippen molar-refractivity contribution in [3.8, 4) is 0 Å². The first-order valence-electron chi connectivity index (χ1n) is 7.32. The summed E-state index contributed by atoms with van der Waals surface area (Å²) in [6, 6.07) is 0. The normalized spacial score (nSPS) is 25.2. The van der Waals surface area contributed by atoms with Gasteiger partial charge >= 0.3 is 0 Å². The summed E-state index contributed by atoms with van der Waals surface area (Å²) >= 11 is 0. The lowest BCUT2D eigenvalue weighted by molar-refractivity contribution is -0.0905. The van der Waals surface area contributed by atoms with Gasteiger partial charge in [-0.25, -0.2) is 8.42 Å². The summed E-state index contributed by atoms with van der Waals surface area (Å²) < 4.78 is 23.0. The van der Waals surface area contributed by atoms with Crippen molar-refractivity contribution in [2.24, 2.45) is 10.8 Å². The Morgan fingerprint density at radius 2 is 1.47 bits per heavy atom. The van der Waals surface area contributed by atoms with Gasteiger partial charge in [0.15, 0.2) is 0 Å². The Balaban J connectivity index is 2.65. The molecule has 0 unspecified atom stereocenters. The summed E-state index contributed by atoms with van der Waals surface area (Å²) in [4.78, 5) is 0. The second kappa shape index (κ2) is 5.36. The van der Waals surface area contributed by atoms with E-state index in [9.17, 15) is 13.5 Å². The highest BCUT2D eigenvalue weighted by Crippen LogP contribution is 2.51. The maximum atomic E-state index is 11.5. The molecule has 1 saturated carbocycles. The van der Waals surface area contributed by atoms with Crippen LogP contribution < -0.4 is 0 Å². The molecular weight excluding hydrogens is 260 g/mol. The van der Waals surface area contributed by atoms with Crippen LogP contribution in [0.3, 0.4) is 0 Å². The van der Waals surface area contributed by atoms with Gasteiger partial charge in [-0.05, 0) is 42.9 Å². The summed E-state index contributed by atoms with van der Waals surface area (Å²) in [5.74, 6) is 0.398. The van der Waals surface area contributed by atoms with Gasteiger partial charge in [-0.2, -0.15) is 0 Å². The molecule has 1 aliphatic rings. The zero-order chi connectivity index (χ0) is 14.9. The lowest BCUT2D eigenvalue weighted by Crippen LogP contribution is -2.46. The SMILES string of the molecule is CCS(=O)(=O)CCCC1(O)CC(C)(C)CC(C)(C)C1. The number of hydrogen-bond acceptors (Lipinski definition) is 3. The van der Waals surface area contributed by atoms with Crippen molar-refractivity contribution >= 4 is 9.84 Å². The molecule has 1 rings (SSSR count). The van der Waals surface area contributed by atoms with Crippen LogP contribution in [-0.2, 0) is 9.84 Å². The van der Waals surface area contributed by atoms with Gasteiger partial charge in [-0.3, -0.25) is 0 Å². The monoisotopic (exact) mass is 290 g/mol. The standard InChI is InChI=1S/C15H30O3S/c1-6-19(17,18)9-7-8-15(16)11-13(2,3)10-14(4,5)12-15/h16H,6-12H2,1-5H3. The van der Waals surface area contributed by atoms with E-state index in [0.717, 1.165) is 19.3 Å². The lowest BCUT2D eigenvalue weighted by atomic mass is 9.59. The second-order valence-corrected chi connectivity index (χ2v) is 10.4. The lowest BCUT2D eigenvalue weighted by Gasteiger charge is -2.49. The van der Waals surface area contributed by atoms with E-state index in [4.69, 9.17) is 0 Å².